The van der Waals surface area contributed by atoms with Crippen molar-refractivity contribution in [3.05, 3.63) is 76.3 Å². The Hall–Kier alpha value is -3.85. The summed E-state index contributed by atoms with van der Waals surface area (Å²) in [4.78, 5) is 55.8. The predicted molar refractivity (Wildman–Crippen MR) is 126 cm³/mol. The number of thiazole rings is 1. The van der Waals surface area contributed by atoms with E-state index < -0.39 is 5.91 Å². The molecule has 1 aromatic heterocycles. The zero-order valence-electron chi connectivity index (χ0n) is 18.1. The molecule has 0 spiro atoms. The molecule has 3 aromatic rings. The van der Waals surface area contributed by atoms with Gasteiger partial charge in [0, 0.05) is 34.9 Å². The van der Waals surface area contributed by atoms with Gasteiger partial charge in [-0.05, 0) is 48.7 Å². The second-order valence-corrected chi connectivity index (χ2v) is 8.93. The van der Waals surface area contributed by atoms with Crippen LogP contribution in [-0.2, 0) is 0 Å². The summed E-state index contributed by atoms with van der Waals surface area (Å²) < 4.78 is 0. The summed E-state index contributed by atoms with van der Waals surface area (Å²) in [5.74, 6) is -1.15. The number of nitrogens with one attached hydrogen (secondary N) is 2. The number of fused-ring (bicyclic) bond motifs is 1. The molecule has 2 N–H and O–H groups in total. The van der Waals surface area contributed by atoms with E-state index in [2.05, 4.69) is 15.6 Å². The standard InChI is InChI=1S/C24H22N4O4S/c1-14(2)8-10-28-22(31)18-7-6-16(13-19(18)23(28)32)20(29)26-17-5-3-4-15(12-17)21(30)27-24-25-9-11-33-24/h3-7,9,11-14H,8,10H2,1-2H3,(H,26,29)(H,25,27,30). The molecule has 9 heteroatoms. The lowest BCUT2D eigenvalue weighted by molar-refractivity contribution is 0.0647. The molecular formula is C24H22N4O4S. The Bertz CT molecular complexity index is 1240. The van der Waals surface area contributed by atoms with E-state index in [1.165, 1.54) is 34.4 Å². The fourth-order valence-electron chi connectivity index (χ4n) is 3.42. The molecular weight excluding hydrogens is 440 g/mol. The van der Waals surface area contributed by atoms with Crippen LogP contribution >= 0.6 is 11.3 Å². The number of carbonyl (C=O) groups is 4. The third-order valence-electron chi connectivity index (χ3n) is 5.20. The summed E-state index contributed by atoms with van der Waals surface area (Å²) in [6, 6.07) is 11.0. The van der Waals surface area contributed by atoms with Crippen molar-refractivity contribution in [1.29, 1.82) is 0 Å². The SMILES string of the molecule is CC(C)CCN1C(=O)c2ccc(C(=O)Nc3cccc(C(=O)Nc4nccs4)c3)cc2C1=O. The van der Waals surface area contributed by atoms with Crippen molar-refractivity contribution < 1.29 is 19.2 Å². The van der Waals surface area contributed by atoms with E-state index in [4.69, 9.17) is 0 Å². The van der Waals surface area contributed by atoms with Crippen molar-refractivity contribution in [2.24, 2.45) is 5.92 Å². The van der Waals surface area contributed by atoms with Crippen molar-refractivity contribution >= 4 is 45.8 Å². The number of benzene rings is 2. The number of hydrogen-bond donors (Lipinski definition) is 2. The molecule has 0 radical (unpaired) electrons. The maximum atomic E-state index is 12.8. The molecule has 4 amide bonds. The van der Waals surface area contributed by atoms with Crippen molar-refractivity contribution in [3.8, 4) is 0 Å². The number of nitrogens with zero attached hydrogens (tertiary/aromatic N) is 2. The molecule has 0 fully saturated rings. The Morgan fingerprint density at radius 3 is 2.42 bits per heavy atom. The van der Waals surface area contributed by atoms with Gasteiger partial charge in [0.05, 0.1) is 11.1 Å². The van der Waals surface area contributed by atoms with Gasteiger partial charge in [0.25, 0.3) is 23.6 Å². The molecule has 2 aromatic carbocycles. The van der Waals surface area contributed by atoms with Gasteiger partial charge in [-0.25, -0.2) is 4.98 Å². The van der Waals surface area contributed by atoms with Crippen LogP contribution in [0.3, 0.4) is 0 Å². The number of amides is 4. The molecule has 0 saturated carbocycles. The van der Waals surface area contributed by atoms with Crippen molar-refractivity contribution in [3.63, 3.8) is 0 Å². The average Bonchev–Trinajstić information content (AvgIpc) is 3.39. The summed E-state index contributed by atoms with van der Waals surface area (Å²) in [6.45, 7) is 4.40. The van der Waals surface area contributed by atoms with Crippen LogP contribution in [0.1, 0.15) is 61.7 Å². The van der Waals surface area contributed by atoms with Gasteiger partial charge in [-0.2, -0.15) is 0 Å². The van der Waals surface area contributed by atoms with E-state index >= 15 is 0 Å². The maximum absolute atomic E-state index is 12.8. The number of anilines is 2. The molecule has 0 aliphatic carbocycles. The molecule has 2 heterocycles. The molecule has 1 aliphatic rings. The summed E-state index contributed by atoms with van der Waals surface area (Å²) in [6.07, 6.45) is 2.31. The minimum atomic E-state index is -0.448. The van der Waals surface area contributed by atoms with E-state index in [0.29, 0.717) is 40.8 Å². The molecule has 0 bridgehead atoms. The first-order valence-electron chi connectivity index (χ1n) is 10.5. The second kappa shape index (κ2) is 9.33. The lowest BCUT2D eigenvalue weighted by Gasteiger charge is -2.14. The first-order chi connectivity index (χ1) is 15.8. The highest BCUT2D eigenvalue weighted by molar-refractivity contribution is 7.13. The fraction of sp³-hybridized carbons (Fsp3) is 0.208. The highest BCUT2D eigenvalue weighted by atomic mass is 32.1. The van der Waals surface area contributed by atoms with E-state index in [-0.39, 0.29) is 28.8 Å². The largest absolute Gasteiger partial charge is 0.322 e. The number of aromatic nitrogens is 1. The molecule has 8 nitrogen and oxygen atoms in total. The molecule has 4 rings (SSSR count). The van der Waals surface area contributed by atoms with Crippen LogP contribution in [0.25, 0.3) is 0 Å². The summed E-state index contributed by atoms with van der Waals surface area (Å²) >= 11 is 1.30. The third-order valence-corrected chi connectivity index (χ3v) is 5.89. The van der Waals surface area contributed by atoms with Crippen LogP contribution in [0.2, 0.25) is 0 Å². The Morgan fingerprint density at radius 2 is 1.70 bits per heavy atom. The first kappa shape index (κ1) is 22.3. The number of rotatable bonds is 7. The van der Waals surface area contributed by atoms with Gasteiger partial charge < -0.3 is 5.32 Å². The normalized spacial score (nSPS) is 12.8. The minimum Gasteiger partial charge on any atom is -0.322 e. The van der Waals surface area contributed by atoms with Crippen molar-refractivity contribution in [1.82, 2.24) is 9.88 Å². The monoisotopic (exact) mass is 462 g/mol. The predicted octanol–water partition coefficient (Wildman–Crippen LogP) is 4.29. The number of carbonyl (C=O) groups excluding carboxylic acids is 4. The van der Waals surface area contributed by atoms with Gasteiger partial charge in [0.15, 0.2) is 5.13 Å². The van der Waals surface area contributed by atoms with Gasteiger partial charge in [0.2, 0.25) is 0 Å². The zero-order chi connectivity index (χ0) is 23.5. The Morgan fingerprint density at radius 1 is 0.970 bits per heavy atom. The van der Waals surface area contributed by atoms with Gasteiger partial charge in [0.1, 0.15) is 0 Å². The highest BCUT2D eigenvalue weighted by Gasteiger charge is 2.35. The number of imide groups is 1. The maximum Gasteiger partial charge on any atom is 0.261 e. The molecule has 0 saturated heterocycles. The smallest absolute Gasteiger partial charge is 0.261 e. The zero-order valence-corrected chi connectivity index (χ0v) is 18.9. The Labute approximate surface area is 194 Å². The van der Waals surface area contributed by atoms with Gasteiger partial charge in [-0.15, -0.1) is 11.3 Å². The first-order valence-corrected chi connectivity index (χ1v) is 11.3. The third kappa shape index (κ3) is 4.83. The van der Waals surface area contributed by atoms with Crippen LogP contribution in [0.5, 0.6) is 0 Å². The highest BCUT2D eigenvalue weighted by Crippen LogP contribution is 2.25. The van der Waals surface area contributed by atoms with Crippen LogP contribution in [0.4, 0.5) is 10.8 Å². The van der Waals surface area contributed by atoms with Gasteiger partial charge in [-0.3, -0.25) is 29.4 Å². The quantitative estimate of drug-likeness (QED) is 0.509. The van der Waals surface area contributed by atoms with Crippen LogP contribution in [0.15, 0.2) is 54.0 Å². The average molecular weight is 463 g/mol. The van der Waals surface area contributed by atoms with E-state index in [1.54, 1.807) is 35.8 Å². The lowest BCUT2D eigenvalue weighted by Crippen LogP contribution is -2.31. The van der Waals surface area contributed by atoms with Gasteiger partial charge >= 0.3 is 0 Å². The lowest BCUT2D eigenvalue weighted by atomic mass is 10.1. The van der Waals surface area contributed by atoms with Gasteiger partial charge in [-0.1, -0.05) is 19.9 Å². The molecule has 1 aliphatic heterocycles. The molecule has 168 valence electrons. The van der Waals surface area contributed by atoms with Crippen molar-refractivity contribution in [2.75, 3.05) is 17.2 Å². The molecule has 0 atom stereocenters. The summed E-state index contributed by atoms with van der Waals surface area (Å²) in [5.41, 5.74) is 1.57. The van der Waals surface area contributed by atoms with Crippen LogP contribution in [0, 0.1) is 5.92 Å². The fourth-order valence-corrected chi connectivity index (χ4v) is 3.94. The topological polar surface area (TPSA) is 108 Å². The van der Waals surface area contributed by atoms with E-state index in [0.717, 1.165) is 0 Å². The van der Waals surface area contributed by atoms with Crippen LogP contribution < -0.4 is 10.6 Å². The summed E-state index contributed by atoms with van der Waals surface area (Å²) in [7, 11) is 0. The van der Waals surface area contributed by atoms with Crippen molar-refractivity contribution in [2.45, 2.75) is 20.3 Å². The van der Waals surface area contributed by atoms with E-state index in [9.17, 15) is 19.2 Å². The minimum absolute atomic E-state index is 0.230. The van der Waals surface area contributed by atoms with Crippen LogP contribution in [-0.4, -0.2) is 40.1 Å². The summed E-state index contributed by atoms with van der Waals surface area (Å²) in [5, 5.41) is 7.67. The number of hydrogen-bond acceptors (Lipinski definition) is 6. The molecule has 33 heavy (non-hydrogen) atoms. The Kier molecular flexibility index (Phi) is 6.32. The second-order valence-electron chi connectivity index (χ2n) is 8.03. The van der Waals surface area contributed by atoms with E-state index in [1.807, 2.05) is 13.8 Å². The molecule has 0 unspecified atom stereocenters. The Balaban J connectivity index is 1.48.